The molecular formula is C10H16Cl2N4S. The molecule has 0 atom stereocenters. The summed E-state index contributed by atoms with van der Waals surface area (Å²) in [6.45, 7) is 3.76. The Morgan fingerprint density at radius 1 is 1.29 bits per heavy atom. The number of halogens is 2. The molecule has 1 aromatic rings. The van der Waals surface area contributed by atoms with Crippen molar-refractivity contribution in [3.63, 3.8) is 0 Å². The van der Waals surface area contributed by atoms with Crippen LogP contribution in [0.4, 0.5) is 5.69 Å². The zero-order valence-electron chi connectivity index (χ0n) is 9.91. The Bertz CT molecular complexity index is 345. The summed E-state index contributed by atoms with van der Waals surface area (Å²) in [5.41, 5.74) is 0.859. The standard InChI is InChI=1S/C8H10Cl2N4.C2H6S/c9-7-6(5-12-8(10)13-7)14-3-1-11-2-4-14;1-3-2/h5,11H,1-4H2;1-2H3. The second-order valence-corrected chi connectivity index (χ2v) is 4.97. The fraction of sp³-hybridized carbons (Fsp3) is 0.600. The largest absolute Gasteiger partial charge is 0.365 e. The quantitative estimate of drug-likeness (QED) is 0.635. The van der Waals surface area contributed by atoms with Gasteiger partial charge in [-0.05, 0) is 24.1 Å². The summed E-state index contributed by atoms with van der Waals surface area (Å²) >= 11 is 13.3. The third-order valence-electron chi connectivity index (χ3n) is 2.15. The summed E-state index contributed by atoms with van der Waals surface area (Å²) < 4.78 is 0. The van der Waals surface area contributed by atoms with Gasteiger partial charge in [-0.3, -0.25) is 0 Å². The predicted molar refractivity (Wildman–Crippen MR) is 76.6 cm³/mol. The van der Waals surface area contributed by atoms with Crippen molar-refractivity contribution in [2.45, 2.75) is 0 Å². The van der Waals surface area contributed by atoms with Crippen LogP contribution in [-0.2, 0) is 0 Å². The number of aromatic nitrogens is 2. The van der Waals surface area contributed by atoms with Crippen LogP contribution in [0.5, 0.6) is 0 Å². The van der Waals surface area contributed by atoms with E-state index in [1.807, 2.05) is 12.5 Å². The molecule has 1 saturated heterocycles. The number of anilines is 1. The van der Waals surface area contributed by atoms with Crippen LogP contribution >= 0.6 is 35.0 Å². The number of thioether (sulfide) groups is 1. The monoisotopic (exact) mass is 294 g/mol. The fourth-order valence-electron chi connectivity index (χ4n) is 1.45. The van der Waals surface area contributed by atoms with Crippen LogP contribution in [0.3, 0.4) is 0 Å². The van der Waals surface area contributed by atoms with E-state index in [4.69, 9.17) is 23.2 Å². The van der Waals surface area contributed by atoms with Gasteiger partial charge in [0.2, 0.25) is 5.28 Å². The van der Waals surface area contributed by atoms with E-state index in [1.165, 1.54) is 0 Å². The molecule has 0 unspecified atom stereocenters. The van der Waals surface area contributed by atoms with Gasteiger partial charge in [-0.25, -0.2) is 9.97 Å². The van der Waals surface area contributed by atoms with Gasteiger partial charge in [-0.1, -0.05) is 11.6 Å². The van der Waals surface area contributed by atoms with E-state index in [2.05, 4.69) is 20.2 Å². The van der Waals surface area contributed by atoms with Crippen molar-refractivity contribution < 1.29 is 0 Å². The van der Waals surface area contributed by atoms with Gasteiger partial charge in [0.05, 0.1) is 11.9 Å². The van der Waals surface area contributed by atoms with Crippen molar-refractivity contribution in [3.05, 3.63) is 16.6 Å². The average molecular weight is 295 g/mol. The highest BCUT2D eigenvalue weighted by Gasteiger charge is 2.14. The Morgan fingerprint density at radius 2 is 1.88 bits per heavy atom. The molecule has 96 valence electrons. The van der Waals surface area contributed by atoms with E-state index in [9.17, 15) is 0 Å². The Balaban J connectivity index is 0.000000437. The number of hydrogen-bond donors (Lipinski definition) is 1. The number of hydrogen-bond acceptors (Lipinski definition) is 5. The maximum atomic E-state index is 5.97. The lowest BCUT2D eigenvalue weighted by Gasteiger charge is -2.29. The van der Waals surface area contributed by atoms with Crippen LogP contribution in [-0.4, -0.2) is 48.7 Å². The van der Waals surface area contributed by atoms with E-state index in [0.717, 1.165) is 31.9 Å². The second kappa shape index (κ2) is 7.97. The minimum atomic E-state index is 0.189. The smallest absolute Gasteiger partial charge is 0.223 e. The number of rotatable bonds is 1. The lowest BCUT2D eigenvalue weighted by atomic mass is 10.3. The first-order valence-electron chi connectivity index (χ1n) is 5.23. The van der Waals surface area contributed by atoms with E-state index in [-0.39, 0.29) is 5.28 Å². The highest BCUT2D eigenvalue weighted by atomic mass is 35.5. The lowest BCUT2D eigenvalue weighted by molar-refractivity contribution is 0.588. The number of nitrogens with one attached hydrogen (secondary N) is 1. The molecule has 2 heterocycles. The fourth-order valence-corrected chi connectivity index (χ4v) is 1.88. The molecule has 2 rings (SSSR count). The minimum Gasteiger partial charge on any atom is -0.365 e. The van der Waals surface area contributed by atoms with Gasteiger partial charge in [0.1, 0.15) is 0 Å². The van der Waals surface area contributed by atoms with Gasteiger partial charge in [-0.15, -0.1) is 0 Å². The molecule has 0 bridgehead atoms. The van der Waals surface area contributed by atoms with Crippen LogP contribution in [0.25, 0.3) is 0 Å². The van der Waals surface area contributed by atoms with Gasteiger partial charge in [-0.2, -0.15) is 11.8 Å². The first-order valence-corrected chi connectivity index (χ1v) is 7.61. The molecule has 1 N–H and O–H groups in total. The zero-order chi connectivity index (χ0) is 12.7. The van der Waals surface area contributed by atoms with Crippen molar-refractivity contribution in [1.82, 2.24) is 15.3 Å². The van der Waals surface area contributed by atoms with Crippen molar-refractivity contribution >= 4 is 40.7 Å². The van der Waals surface area contributed by atoms with Gasteiger partial charge >= 0.3 is 0 Å². The van der Waals surface area contributed by atoms with Crippen LogP contribution < -0.4 is 10.2 Å². The molecule has 1 aromatic heterocycles. The summed E-state index contributed by atoms with van der Waals surface area (Å²) in [7, 11) is 0. The SMILES string of the molecule is CSC.Clc1ncc(N2CCNCC2)c(Cl)n1. The Hall–Kier alpha value is -0.230. The third kappa shape index (κ3) is 4.87. The molecular weight excluding hydrogens is 279 g/mol. The molecule has 0 saturated carbocycles. The van der Waals surface area contributed by atoms with Gasteiger partial charge in [0.25, 0.3) is 0 Å². The van der Waals surface area contributed by atoms with E-state index in [1.54, 1.807) is 18.0 Å². The Kier molecular flexibility index (Phi) is 6.96. The minimum absolute atomic E-state index is 0.189. The molecule has 17 heavy (non-hydrogen) atoms. The van der Waals surface area contributed by atoms with Gasteiger partial charge in [0.15, 0.2) is 5.15 Å². The third-order valence-corrected chi connectivity index (χ3v) is 2.61. The van der Waals surface area contributed by atoms with E-state index in [0.29, 0.717) is 5.15 Å². The molecule has 0 amide bonds. The first-order chi connectivity index (χ1) is 8.19. The first kappa shape index (κ1) is 14.8. The summed E-state index contributed by atoms with van der Waals surface area (Å²) in [4.78, 5) is 9.98. The molecule has 7 heteroatoms. The topological polar surface area (TPSA) is 41.1 Å². The molecule has 4 nitrogen and oxygen atoms in total. The second-order valence-electron chi connectivity index (χ2n) is 3.46. The summed E-state index contributed by atoms with van der Waals surface area (Å²) in [6.07, 6.45) is 5.75. The normalized spacial score (nSPS) is 15.2. The van der Waals surface area contributed by atoms with Gasteiger partial charge in [0, 0.05) is 26.2 Å². The van der Waals surface area contributed by atoms with Crippen molar-refractivity contribution in [1.29, 1.82) is 0 Å². The summed E-state index contributed by atoms with van der Waals surface area (Å²) in [5.74, 6) is 0. The van der Waals surface area contributed by atoms with Crippen LogP contribution in [0.2, 0.25) is 10.4 Å². The molecule has 0 aromatic carbocycles. The maximum absolute atomic E-state index is 5.97. The molecule has 1 aliphatic rings. The molecule has 1 fully saturated rings. The molecule has 0 aliphatic carbocycles. The highest BCUT2D eigenvalue weighted by Crippen LogP contribution is 2.23. The lowest BCUT2D eigenvalue weighted by Crippen LogP contribution is -2.43. The molecule has 0 radical (unpaired) electrons. The maximum Gasteiger partial charge on any atom is 0.223 e. The average Bonchev–Trinajstić information content (AvgIpc) is 2.31. The highest BCUT2D eigenvalue weighted by molar-refractivity contribution is 7.97. The molecule has 0 spiro atoms. The number of nitrogens with zero attached hydrogens (tertiary/aromatic N) is 3. The van der Waals surface area contributed by atoms with Gasteiger partial charge < -0.3 is 10.2 Å². The van der Waals surface area contributed by atoms with Crippen LogP contribution in [0.15, 0.2) is 6.20 Å². The van der Waals surface area contributed by atoms with Crippen LogP contribution in [0, 0.1) is 0 Å². The summed E-state index contributed by atoms with van der Waals surface area (Å²) in [5, 5.41) is 3.88. The van der Waals surface area contributed by atoms with Crippen molar-refractivity contribution in [2.75, 3.05) is 43.6 Å². The van der Waals surface area contributed by atoms with E-state index >= 15 is 0 Å². The molecule has 1 aliphatic heterocycles. The summed E-state index contributed by atoms with van der Waals surface area (Å²) in [6, 6.07) is 0. The zero-order valence-corrected chi connectivity index (χ0v) is 12.2. The Labute approximate surface area is 116 Å². The predicted octanol–water partition coefficient (Wildman–Crippen LogP) is 2.17. The van der Waals surface area contributed by atoms with E-state index < -0.39 is 0 Å². The van der Waals surface area contributed by atoms with Crippen molar-refractivity contribution in [2.24, 2.45) is 0 Å². The van der Waals surface area contributed by atoms with Crippen molar-refractivity contribution in [3.8, 4) is 0 Å². The van der Waals surface area contributed by atoms with Crippen LogP contribution in [0.1, 0.15) is 0 Å². The number of piperazine rings is 1. The Morgan fingerprint density at radius 3 is 2.41 bits per heavy atom.